The first-order valence-corrected chi connectivity index (χ1v) is 5.17. The van der Waals surface area contributed by atoms with Crippen molar-refractivity contribution in [3.05, 3.63) is 29.6 Å². The van der Waals surface area contributed by atoms with E-state index in [1.54, 1.807) is 4.90 Å². The number of amides is 1. The van der Waals surface area contributed by atoms with Crippen LogP contribution in [0, 0.1) is 0 Å². The zero-order chi connectivity index (χ0) is 11.5. The van der Waals surface area contributed by atoms with Gasteiger partial charge in [0.2, 0.25) is 0 Å². The first-order valence-electron chi connectivity index (χ1n) is 5.17. The normalized spacial score (nSPS) is 15.1. The Morgan fingerprint density at radius 3 is 2.44 bits per heavy atom. The monoisotopic (exact) mass is 220 g/mol. The van der Waals surface area contributed by atoms with Crippen LogP contribution in [0.15, 0.2) is 18.3 Å². The molecule has 1 aliphatic heterocycles. The Bertz CT molecular complexity index is 408. The number of pyridine rings is 1. The molecule has 1 saturated heterocycles. The highest BCUT2D eigenvalue weighted by Crippen LogP contribution is 2.11. The summed E-state index contributed by atoms with van der Waals surface area (Å²) in [5, 5.41) is 8.69. The average Bonchev–Trinajstić information content (AvgIpc) is 2.81. The van der Waals surface area contributed by atoms with Crippen LogP contribution >= 0.6 is 0 Å². The van der Waals surface area contributed by atoms with Gasteiger partial charge in [-0.1, -0.05) is 0 Å². The van der Waals surface area contributed by atoms with E-state index < -0.39 is 5.97 Å². The summed E-state index contributed by atoms with van der Waals surface area (Å²) < 4.78 is 0. The number of hydrogen-bond donors (Lipinski definition) is 1. The molecule has 1 amide bonds. The number of nitrogens with zero attached hydrogens (tertiary/aromatic N) is 2. The predicted molar refractivity (Wildman–Crippen MR) is 56.3 cm³/mol. The van der Waals surface area contributed by atoms with Crippen LogP contribution in [0.3, 0.4) is 0 Å². The van der Waals surface area contributed by atoms with Crippen molar-refractivity contribution in [2.45, 2.75) is 12.8 Å². The Morgan fingerprint density at radius 2 is 1.94 bits per heavy atom. The number of rotatable bonds is 2. The predicted octanol–water partition coefficient (Wildman–Crippen LogP) is 1.02. The third kappa shape index (κ3) is 2.03. The molecule has 0 bridgehead atoms. The van der Waals surface area contributed by atoms with Crippen molar-refractivity contribution in [1.29, 1.82) is 0 Å². The van der Waals surface area contributed by atoms with Crippen LogP contribution in [-0.2, 0) is 0 Å². The fourth-order valence-corrected chi connectivity index (χ4v) is 1.73. The van der Waals surface area contributed by atoms with Crippen LogP contribution in [0.25, 0.3) is 0 Å². The molecule has 84 valence electrons. The quantitative estimate of drug-likeness (QED) is 0.807. The Kier molecular flexibility index (Phi) is 2.85. The van der Waals surface area contributed by atoms with Gasteiger partial charge in [-0.25, -0.2) is 4.79 Å². The van der Waals surface area contributed by atoms with Crippen LogP contribution < -0.4 is 0 Å². The molecule has 1 aromatic heterocycles. The summed E-state index contributed by atoms with van der Waals surface area (Å²) in [6.07, 6.45) is 3.27. The topological polar surface area (TPSA) is 70.5 Å². The lowest BCUT2D eigenvalue weighted by Gasteiger charge is -2.14. The van der Waals surface area contributed by atoms with Gasteiger partial charge < -0.3 is 10.0 Å². The maximum Gasteiger partial charge on any atom is 0.337 e. The summed E-state index contributed by atoms with van der Waals surface area (Å²) in [7, 11) is 0. The molecule has 0 spiro atoms. The highest BCUT2D eigenvalue weighted by molar-refractivity contribution is 5.93. The van der Waals surface area contributed by atoms with E-state index in [2.05, 4.69) is 4.98 Å². The van der Waals surface area contributed by atoms with Crippen molar-refractivity contribution in [2.75, 3.05) is 13.1 Å². The molecule has 1 aliphatic rings. The number of carboxylic acids is 1. The highest BCUT2D eigenvalue weighted by atomic mass is 16.4. The summed E-state index contributed by atoms with van der Waals surface area (Å²) in [4.78, 5) is 28.1. The fraction of sp³-hybridized carbons (Fsp3) is 0.364. The fourth-order valence-electron chi connectivity index (χ4n) is 1.73. The number of carbonyl (C=O) groups excluding carboxylic acids is 1. The number of aromatic carboxylic acids is 1. The van der Waals surface area contributed by atoms with Gasteiger partial charge in [-0.2, -0.15) is 0 Å². The van der Waals surface area contributed by atoms with Crippen LogP contribution in [0.4, 0.5) is 0 Å². The summed E-state index contributed by atoms with van der Waals surface area (Å²) in [6, 6.07) is 2.86. The van der Waals surface area contributed by atoms with Gasteiger partial charge in [-0.05, 0) is 25.0 Å². The Hall–Kier alpha value is -1.91. The molecule has 1 aromatic rings. The van der Waals surface area contributed by atoms with E-state index in [1.807, 2.05) is 0 Å². The van der Waals surface area contributed by atoms with Crippen molar-refractivity contribution in [3.63, 3.8) is 0 Å². The molecule has 1 fully saturated rings. The Balaban J connectivity index is 2.14. The van der Waals surface area contributed by atoms with Crippen LogP contribution in [0.2, 0.25) is 0 Å². The van der Waals surface area contributed by atoms with Crippen LogP contribution in [0.1, 0.15) is 33.7 Å². The van der Waals surface area contributed by atoms with E-state index in [9.17, 15) is 9.59 Å². The summed E-state index contributed by atoms with van der Waals surface area (Å²) in [5.74, 6) is -1.15. The largest absolute Gasteiger partial charge is 0.478 e. The molecule has 0 atom stereocenters. The summed E-state index contributed by atoms with van der Waals surface area (Å²) >= 11 is 0. The van der Waals surface area contributed by atoms with Gasteiger partial charge in [0.1, 0.15) is 5.69 Å². The molecule has 5 nitrogen and oxygen atoms in total. The van der Waals surface area contributed by atoms with Gasteiger partial charge >= 0.3 is 5.97 Å². The average molecular weight is 220 g/mol. The standard InChI is InChI=1S/C11H12N2O3/c14-10(13-5-1-2-6-13)9-4-3-8(7-12-9)11(15)16/h3-4,7H,1-2,5-6H2,(H,15,16). The lowest BCUT2D eigenvalue weighted by Crippen LogP contribution is -2.28. The number of aromatic nitrogens is 1. The molecule has 0 saturated carbocycles. The van der Waals surface area contributed by atoms with E-state index in [0.717, 1.165) is 25.9 Å². The molecular weight excluding hydrogens is 208 g/mol. The highest BCUT2D eigenvalue weighted by Gasteiger charge is 2.20. The second-order valence-electron chi connectivity index (χ2n) is 3.74. The molecule has 0 aromatic carbocycles. The van der Waals surface area contributed by atoms with Crippen molar-refractivity contribution in [2.24, 2.45) is 0 Å². The molecule has 0 aliphatic carbocycles. The summed E-state index contributed by atoms with van der Waals surface area (Å²) in [6.45, 7) is 1.53. The Labute approximate surface area is 92.7 Å². The maximum atomic E-state index is 11.8. The second kappa shape index (κ2) is 4.30. The number of likely N-dealkylation sites (tertiary alicyclic amines) is 1. The molecule has 16 heavy (non-hydrogen) atoms. The minimum atomic E-state index is -1.03. The van der Waals surface area contributed by atoms with E-state index in [-0.39, 0.29) is 11.5 Å². The first kappa shape index (κ1) is 10.6. The minimum Gasteiger partial charge on any atom is -0.478 e. The zero-order valence-electron chi connectivity index (χ0n) is 8.72. The molecule has 0 unspecified atom stereocenters. The van der Waals surface area contributed by atoms with E-state index in [0.29, 0.717) is 5.69 Å². The molecule has 1 N–H and O–H groups in total. The number of carbonyl (C=O) groups is 2. The third-order valence-electron chi connectivity index (χ3n) is 2.62. The molecule has 2 rings (SSSR count). The molecule has 2 heterocycles. The van der Waals surface area contributed by atoms with Gasteiger partial charge in [0.25, 0.3) is 5.91 Å². The lowest BCUT2D eigenvalue weighted by atomic mass is 10.2. The van der Waals surface area contributed by atoms with Gasteiger partial charge in [-0.15, -0.1) is 0 Å². The molecule has 5 heteroatoms. The SMILES string of the molecule is O=C(O)c1ccc(C(=O)N2CCCC2)nc1. The van der Waals surface area contributed by atoms with Gasteiger partial charge in [0.15, 0.2) is 0 Å². The zero-order valence-corrected chi connectivity index (χ0v) is 8.72. The van der Waals surface area contributed by atoms with Crippen LogP contribution in [-0.4, -0.2) is 40.0 Å². The summed E-state index contributed by atoms with van der Waals surface area (Å²) in [5.41, 5.74) is 0.407. The second-order valence-corrected chi connectivity index (χ2v) is 3.74. The van der Waals surface area contributed by atoms with Crippen molar-refractivity contribution < 1.29 is 14.7 Å². The first-order chi connectivity index (χ1) is 7.68. The number of carboxylic acid groups (broad SMARTS) is 1. The van der Waals surface area contributed by atoms with Crippen LogP contribution in [0.5, 0.6) is 0 Å². The van der Waals surface area contributed by atoms with E-state index in [4.69, 9.17) is 5.11 Å². The number of hydrogen-bond acceptors (Lipinski definition) is 3. The van der Waals surface area contributed by atoms with Gasteiger partial charge in [-0.3, -0.25) is 9.78 Å². The smallest absolute Gasteiger partial charge is 0.337 e. The Morgan fingerprint density at radius 1 is 1.25 bits per heavy atom. The van der Waals surface area contributed by atoms with Gasteiger partial charge in [0.05, 0.1) is 5.56 Å². The lowest BCUT2D eigenvalue weighted by molar-refractivity contribution is 0.0694. The van der Waals surface area contributed by atoms with Crippen molar-refractivity contribution >= 4 is 11.9 Å². The van der Waals surface area contributed by atoms with E-state index in [1.165, 1.54) is 18.3 Å². The third-order valence-corrected chi connectivity index (χ3v) is 2.62. The van der Waals surface area contributed by atoms with E-state index >= 15 is 0 Å². The minimum absolute atomic E-state index is 0.0953. The van der Waals surface area contributed by atoms with Crippen molar-refractivity contribution in [3.8, 4) is 0 Å². The van der Waals surface area contributed by atoms with Gasteiger partial charge in [0, 0.05) is 19.3 Å². The molecular formula is C11H12N2O3. The van der Waals surface area contributed by atoms with Crippen molar-refractivity contribution in [1.82, 2.24) is 9.88 Å². The maximum absolute atomic E-state index is 11.8. The molecule has 0 radical (unpaired) electrons.